The predicted molar refractivity (Wildman–Crippen MR) is 177 cm³/mol. The zero-order valence-electron chi connectivity index (χ0n) is 27.2. The quantitative estimate of drug-likeness (QED) is 0.155. The van der Waals surface area contributed by atoms with Gasteiger partial charge in [0.15, 0.2) is 12.6 Å². The molecule has 8 nitrogen and oxygen atoms in total. The Kier molecular flexibility index (Phi) is 7.84. The van der Waals surface area contributed by atoms with E-state index in [1.54, 1.807) is 18.2 Å². The van der Waals surface area contributed by atoms with Crippen molar-refractivity contribution in [2.24, 2.45) is 11.8 Å². The van der Waals surface area contributed by atoms with Crippen LogP contribution in [0.1, 0.15) is 49.8 Å². The van der Waals surface area contributed by atoms with Crippen molar-refractivity contribution >= 4 is 27.5 Å². The highest BCUT2D eigenvalue weighted by Crippen LogP contribution is 2.44. The number of fused-ring (bicyclic) bond motifs is 5. The second-order valence-corrected chi connectivity index (χ2v) is 13.9. The standard InChI is InChI=1S/C37H38F3N5O3/c1-4-27-29(39)9-8-24-13-26(48-20-46-3)14-28(31(24)27)33-32(40)34-30(21(2)41-33)35(44-16-22-6-7-23(12-22)17-44)43-36(42-34)47-19-37-10-5-11-45(37)18-25(38)15-37/h1,8-9,13-14,22-23,25H,5-7,10-12,15-20H2,2-3H3/t22?,23?,25-,37+/m1/s1. The summed E-state index contributed by atoms with van der Waals surface area (Å²) in [5.41, 5.74) is 0.387. The highest BCUT2D eigenvalue weighted by molar-refractivity contribution is 6.03. The maximum atomic E-state index is 17.2. The van der Waals surface area contributed by atoms with Crippen LogP contribution in [0.2, 0.25) is 0 Å². The second kappa shape index (κ2) is 12.1. The Morgan fingerprint density at radius 2 is 1.85 bits per heavy atom. The maximum absolute atomic E-state index is 17.2. The Balaban J connectivity index is 1.30. The van der Waals surface area contributed by atoms with E-state index >= 15 is 8.78 Å². The number of pyridine rings is 1. The first-order chi connectivity index (χ1) is 23.3. The van der Waals surface area contributed by atoms with Crippen LogP contribution in [0.3, 0.4) is 0 Å². The van der Waals surface area contributed by atoms with Gasteiger partial charge in [0.1, 0.15) is 41.4 Å². The third-order valence-corrected chi connectivity index (χ3v) is 10.8. The van der Waals surface area contributed by atoms with Crippen LogP contribution in [-0.2, 0) is 4.74 Å². The minimum atomic E-state index is -0.907. The molecule has 0 radical (unpaired) electrons. The van der Waals surface area contributed by atoms with Crippen LogP contribution in [0.15, 0.2) is 24.3 Å². The molecular weight excluding hydrogens is 619 g/mol. The smallest absolute Gasteiger partial charge is 0.319 e. The van der Waals surface area contributed by atoms with Gasteiger partial charge in [-0.3, -0.25) is 4.90 Å². The van der Waals surface area contributed by atoms with Gasteiger partial charge in [0.25, 0.3) is 0 Å². The summed E-state index contributed by atoms with van der Waals surface area (Å²) in [5.74, 6) is 3.20. The van der Waals surface area contributed by atoms with E-state index in [2.05, 4.69) is 20.7 Å². The number of aromatic nitrogens is 3. The van der Waals surface area contributed by atoms with Crippen LogP contribution >= 0.6 is 0 Å². The SMILES string of the molecule is C#Cc1c(F)ccc2cc(OCOC)cc(-c3nc(C)c4c(N5CC6CCC(C6)C5)nc(OC[C@@]56CCCN5C[C@H](F)C6)nc4c3F)c12. The van der Waals surface area contributed by atoms with Crippen molar-refractivity contribution in [2.75, 3.05) is 51.6 Å². The molecule has 0 amide bonds. The Hall–Kier alpha value is -4.14. The average molecular weight is 658 g/mol. The molecule has 5 heterocycles. The number of ether oxygens (including phenoxy) is 3. The third-order valence-electron chi connectivity index (χ3n) is 10.8. The largest absolute Gasteiger partial charge is 0.468 e. The predicted octanol–water partition coefficient (Wildman–Crippen LogP) is 6.59. The molecule has 3 aliphatic heterocycles. The van der Waals surface area contributed by atoms with E-state index in [1.807, 2.05) is 6.92 Å². The summed E-state index contributed by atoms with van der Waals surface area (Å²) >= 11 is 0. The molecule has 4 aromatic rings. The van der Waals surface area contributed by atoms with Gasteiger partial charge in [-0.15, -0.1) is 6.42 Å². The minimum Gasteiger partial charge on any atom is -0.468 e. The van der Waals surface area contributed by atoms with Gasteiger partial charge < -0.3 is 19.1 Å². The molecule has 48 heavy (non-hydrogen) atoms. The fourth-order valence-corrected chi connectivity index (χ4v) is 8.76. The van der Waals surface area contributed by atoms with Crippen molar-refractivity contribution in [1.82, 2.24) is 19.9 Å². The molecule has 250 valence electrons. The third kappa shape index (κ3) is 5.21. The van der Waals surface area contributed by atoms with Gasteiger partial charge in [0.2, 0.25) is 0 Å². The number of alkyl halides is 1. The Labute approximate surface area is 277 Å². The summed E-state index contributed by atoms with van der Waals surface area (Å²) < 4.78 is 64.0. The molecule has 0 spiro atoms. The molecule has 2 aromatic carbocycles. The minimum absolute atomic E-state index is 0.000892. The number of terminal acetylenes is 1. The number of hydrogen-bond donors (Lipinski definition) is 0. The first-order valence-electron chi connectivity index (χ1n) is 16.8. The van der Waals surface area contributed by atoms with Crippen LogP contribution in [0.25, 0.3) is 32.9 Å². The van der Waals surface area contributed by atoms with Crippen LogP contribution in [0.4, 0.5) is 19.0 Å². The summed E-state index contributed by atoms with van der Waals surface area (Å²) in [7, 11) is 1.50. The molecule has 1 saturated carbocycles. The number of nitrogens with zero attached hydrogens (tertiary/aromatic N) is 5. The highest BCUT2D eigenvalue weighted by atomic mass is 19.1. The normalized spacial score (nSPS) is 25.2. The van der Waals surface area contributed by atoms with Crippen molar-refractivity contribution in [3.63, 3.8) is 0 Å². The number of aryl methyl sites for hydroxylation is 1. The van der Waals surface area contributed by atoms with Crippen LogP contribution in [0, 0.1) is 42.7 Å². The second-order valence-electron chi connectivity index (χ2n) is 13.9. The zero-order chi connectivity index (χ0) is 33.2. The molecule has 4 atom stereocenters. The van der Waals surface area contributed by atoms with Crippen LogP contribution in [-0.4, -0.2) is 78.3 Å². The highest BCUT2D eigenvalue weighted by Gasteiger charge is 2.49. The number of rotatable bonds is 8. The Bertz CT molecular complexity index is 1960. The summed E-state index contributed by atoms with van der Waals surface area (Å²) in [6.07, 6.45) is 10.6. The molecule has 4 fully saturated rings. The van der Waals surface area contributed by atoms with Crippen molar-refractivity contribution in [3.05, 3.63) is 47.2 Å². The maximum Gasteiger partial charge on any atom is 0.319 e. The van der Waals surface area contributed by atoms with E-state index in [9.17, 15) is 4.39 Å². The lowest BCUT2D eigenvalue weighted by Crippen LogP contribution is -2.43. The number of methoxy groups -OCH3 is 1. The average Bonchev–Trinajstić information content (AvgIpc) is 3.73. The van der Waals surface area contributed by atoms with Gasteiger partial charge in [-0.2, -0.15) is 9.97 Å². The van der Waals surface area contributed by atoms with E-state index in [4.69, 9.17) is 30.6 Å². The topological polar surface area (TPSA) is 72.8 Å². The van der Waals surface area contributed by atoms with E-state index in [0.29, 0.717) is 58.2 Å². The molecule has 11 heteroatoms. The molecule has 1 aliphatic carbocycles. The zero-order valence-corrected chi connectivity index (χ0v) is 27.2. The lowest BCUT2D eigenvalue weighted by Gasteiger charge is -2.34. The fraction of sp³-hybridized carbons (Fsp3) is 0.486. The molecule has 2 aromatic heterocycles. The van der Waals surface area contributed by atoms with E-state index in [-0.39, 0.29) is 41.7 Å². The van der Waals surface area contributed by atoms with Gasteiger partial charge in [-0.05, 0) is 81.0 Å². The number of piperidine rings is 1. The molecule has 2 bridgehead atoms. The van der Waals surface area contributed by atoms with Gasteiger partial charge in [0.05, 0.1) is 22.2 Å². The Morgan fingerprint density at radius 1 is 1.04 bits per heavy atom. The first-order valence-corrected chi connectivity index (χ1v) is 16.8. The fourth-order valence-electron chi connectivity index (χ4n) is 8.76. The summed E-state index contributed by atoms with van der Waals surface area (Å²) in [6.45, 7) is 4.82. The van der Waals surface area contributed by atoms with Crippen molar-refractivity contribution in [3.8, 4) is 35.4 Å². The summed E-state index contributed by atoms with van der Waals surface area (Å²) in [4.78, 5) is 18.8. The number of benzene rings is 2. The molecule has 4 aliphatic rings. The first kappa shape index (κ1) is 31.1. The van der Waals surface area contributed by atoms with E-state index in [1.165, 1.54) is 19.6 Å². The van der Waals surface area contributed by atoms with Crippen molar-refractivity contribution in [1.29, 1.82) is 0 Å². The number of hydrogen-bond acceptors (Lipinski definition) is 8. The molecule has 8 rings (SSSR count). The molecule has 2 unspecified atom stereocenters. The van der Waals surface area contributed by atoms with Crippen molar-refractivity contribution in [2.45, 2.75) is 57.2 Å². The number of halogens is 3. The lowest BCUT2D eigenvalue weighted by molar-refractivity contribution is 0.0512. The monoisotopic (exact) mass is 657 g/mol. The number of anilines is 1. The van der Waals surface area contributed by atoms with Gasteiger partial charge >= 0.3 is 6.01 Å². The molecular formula is C37H38F3N5O3. The van der Waals surface area contributed by atoms with Crippen LogP contribution in [0.5, 0.6) is 11.8 Å². The lowest BCUT2D eigenvalue weighted by atomic mass is 9.95. The molecule has 3 saturated heterocycles. The van der Waals surface area contributed by atoms with E-state index in [0.717, 1.165) is 45.3 Å². The Morgan fingerprint density at radius 3 is 2.62 bits per heavy atom. The van der Waals surface area contributed by atoms with Gasteiger partial charge in [-0.1, -0.05) is 12.0 Å². The van der Waals surface area contributed by atoms with Gasteiger partial charge in [0, 0.05) is 44.1 Å². The van der Waals surface area contributed by atoms with Gasteiger partial charge in [-0.25, -0.2) is 18.2 Å². The molecule has 0 N–H and O–H groups in total. The van der Waals surface area contributed by atoms with E-state index < -0.39 is 23.3 Å². The summed E-state index contributed by atoms with van der Waals surface area (Å²) in [6, 6.07) is 6.21. The van der Waals surface area contributed by atoms with Crippen molar-refractivity contribution < 1.29 is 27.4 Å². The van der Waals surface area contributed by atoms with Crippen LogP contribution < -0.4 is 14.4 Å². The summed E-state index contributed by atoms with van der Waals surface area (Å²) in [5, 5.41) is 1.41.